The predicted octanol–water partition coefficient (Wildman–Crippen LogP) is 5.22. The van der Waals surface area contributed by atoms with Gasteiger partial charge in [-0.2, -0.15) is 0 Å². The average Bonchev–Trinajstić information content (AvgIpc) is 2.19. The summed E-state index contributed by atoms with van der Waals surface area (Å²) in [5.41, 5.74) is 0. The number of hydrogen-bond acceptors (Lipinski definition) is 1. The van der Waals surface area contributed by atoms with Crippen molar-refractivity contribution in [2.45, 2.75) is 26.2 Å². The molecule has 0 bridgehead atoms. The first-order valence-corrected chi connectivity index (χ1v) is 6.06. The number of rotatable bonds is 5. The summed E-state index contributed by atoms with van der Waals surface area (Å²) >= 11 is 17.7. The summed E-state index contributed by atoms with van der Waals surface area (Å²) in [6.07, 6.45) is 3.32. The molecular formula is C11H13Cl3O. The van der Waals surface area contributed by atoms with E-state index in [2.05, 4.69) is 6.92 Å². The molecule has 0 radical (unpaired) electrons. The molecule has 84 valence electrons. The lowest BCUT2D eigenvalue weighted by Gasteiger charge is -2.09. The third kappa shape index (κ3) is 4.10. The Labute approximate surface area is 105 Å². The smallest absolute Gasteiger partial charge is 0.140 e. The largest absolute Gasteiger partial charge is 0.492 e. The van der Waals surface area contributed by atoms with Gasteiger partial charge in [0.25, 0.3) is 0 Å². The van der Waals surface area contributed by atoms with E-state index in [9.17, 15) is 0 Å². The molecule has 0 aliphatic carbocycles. The Morgan fingerprint density at radius 1 is 1.13 bits per heavy atom. The fraction of sp³-hybridized carbons (Fsp3) is 0.455. The maximum Gasteiger partial charge on any atom is 0.140 e. The minimum absolute atomic E-state index is 0.426. The maximum absolute atomic E-state index is 5.96. The predicted molar refractivity (Wildman–Crippen MR) is 66.5 cm³/mol. The zero-order chi connectivity index (χ0) is 11.3. The van der Waals surface area contributed by atoms with Crippen LogP contribution in [0.25, 0.3) is 0 Å². The third-order valence-corrected chi connectivity index (χ3v) is 2.97. The van der Waals surface area contributed by atoms with Crippen LogP contribution in [-0.2, 0) is 0 Å². The van der Waals surface area contributed by atoms with Gasteiger partial charge < -0.3 is 4.74 Å². The molecule has 1 aromatic carbocycles. The fourth-order valence-electron chi connectivity index (χ4n) is 1.17. The van der Waals surface area contributed by atoms with Gasteiger partial charge in [-0.05, 0) is 12.5 Å². The lowest BCUT2D eigenvalue weighted by atomic mass is 10.3. The Bertz CT molecular complexity index is 326. The van der Waals surface area contributed by atoms with Crippen LogP contribution in [0.2, 0.25) is 15.1 Å². The van der Waals surface area contributed by atoms with Crippen LogP contribution in [0.5, 0.6) is 5.75 Å². The van der Waals surface area contributed by atoms with Crippen molar-refractivity contribution in [1.82, 2.24) is 0 Å². The molecule has 0 fully saturated rings. The lowest BCUT2D eigenvalue weighted by molar-refractivity contribution is 0.306. The first-order valence-electron chi connectivity index (χ1n) is 4.92. The molecule has 1 aromatic rings. The number of benzene rings is 1. The molecular weight excluding hydrogens is 254 g/mol. The van der Waals surface area contributed by atoms with Crippen molar-refractivity contribution >= 4 is 34.8 Å². The summed E-state index contributed by atoms with van der Waals surface area (Å²) in [5.74, 6) is 0.560. The summed E-state index contributed by atoms with van der Waals surface area (Å²) < 4.78 is 5.50. The molecule has 0 atom stereocenters. The number of ether oxygens (including phenoxy) is 1. The molecule has 0 N–H and O–H groups in total. The van der Waals surface area contributed by atoms with Crippen molar-refractivity contribution in [3.05, 3.63) is 27.2 Å². The Balaban J connectivity index is 2.60. The standard InChI is InChI=1S/C11H13Cl3O/c1-2-3-4-5-15-10-7-8(12)6-9(13)11(10)14/h6-7H,2-5H2,1H3. The molecule has 0 heterocycles. The maximum atomic E-state index is 5.96. The van der Waals surface area contributed by atoms with Crippen LogP contribution in [0.1, 0.15) is 26.2 Å². The van der Waals surface area contributed by atoms with Crippen molar-refractivity contribution in [3.8, 4) is 5.75 Å². The summed E-state index contributed by atoms with van der Waals surface area (Å²) in [5, 5.41) is 1.39. The van der Waals surface area contributed by atoms with Crippen molar-refractivity contribution < 1.29 is 4.74 Å². The van der Waals surface area contributed by atoms with Gasteiger partial charge in [-0.3, -0.25) is 0 Å². The molecule has 0 amide bonds. The summed E-state index contributed by atoms with van der Waals surface area (Å²) in [6, 6.07) is 3.28. The Morgan fingerprint density at radius 3 is 2.53 bits per heavy atom. The van der Waals surface area contributed by atoms with Gasteiger partial charge >= 0.3 is 0 Å². The topological polar surface area (TPSA) is 9.23 Å². The SMILES string of the molecule is CCCCCOc1cc(Cl)cc(Cl)c1Cl. The highest BCUT2D eigenvalue weighted by molar-refractivity contribution is 6.44. The quantitative estimate of drug-likeness (QED) is 0.525. The van der Waals surface area contributed by atoms with E-state index < -0.39 is 0 Å². The normalized spacial score (nSPS) is 10.4. The van der Waals surface area contributed by atoms with E-state index >= 15 is 0 Å². The van der Waals surface area contributed by atoms with E-state index in [4.69, 9.17) is 39.5 Å². The van der Waals surface area contributed by atoms with E-state index in [0.29, 0.717) is 27.4 Å². The van der Waals surface area contributed by atoms with E-state index in [1.165, 1.54) is 0 Å². The Kier molecular flexibility index (Phi) is 5.59. The van der Waals surface area contributed by atoms with Crippen LogP contribution in [-0.4, -0.2) is 6.61 Å². The second kappa shape index (κ2) is 6.47. The van der Waals surface area contributed by atoms with Crippen LogP contribution >= 0.6 is 34.8 Å². The lowest BCUT2D eigenvalue weighted by Crippen LogP contribution is -1.97. The molecule has 1 rings (SSSR count). The van der Waals surface area contributed by atoms with Crippen LogP contribution < -0.4 is 4.74 Å². The molecule has 15 heavy (non-hydrogen) atoms. The number of unbranched alkanes of at least 4 members (excludes halogenated alkanes) is 2. The van der Waals surface area contributed by atoms with Crippen LogP contribution in [0, 0.1) is 0 Å². The Morgan fingerprint density at radius 2 is 1.87 bits per heavy atom. The average molecular weight is 268 g/mol. The van der Waals surface area contributed by atoms with Gasteiger partial charge in [-0.1, -0.05) is 54.6 Å². The second-order valence-corrected chi connectivity index (χ2v) is 4.48. The van der Waals surface area contributed by atoms with Gasteiger partial charge in [0.15, 0.2) is 0 Å². The van der Waals surface area contributed by atoms with Gasteiger partial charge in [0.05, 0.1) is 11.6 Å². The van der Waals surface area contributed by atoms with Crippen molar-refractivity contribution in [2.75, 3.05) is 6.61 Å². The first-order chi connectivity index (χ1) is 7.15. The molecule has 0 spiro atoms. The van der Waals surface area contributed by atoms with Gasteiger partial charge in [0.2, 0.25) is 0 Å². The van der Waals surface area contributed by atoms with Gasteiger partial charge in [0.1, 0.15) is 10.8 Å². The highest BCUT2D eigenvalue weighted by Crippen LogP contribution is 2.35. The van der Waals surface area contributed by atoms with Crippen LogP contribution in [0.15, 0.2) is 12.1 Å². The van der Waals surface area contributed by atoms with Gasteiger partial charge in [0, 0.05) is 11.1 Å². The number of hydrogen-bond donors (Lipinski definition) is 0. The highest BCUT2D eigenvalue weighted by Gasteiger charge is 2.07. The fourth-order valence-corrected chi connectivity index (χ4v) is 1.81. The molecule has 4 heteroatoms. The zero-order valence-corrected chi connectivity index (χ0v) is 10.8. The first kappa shape index (κ1) is 13.0. The molecule has 0 aromatic heterocycles. The summed E-state index contributed by atoms with van der Waals surface area (Å²) in [4.78, 5) is 0. The van der Waals surface area contributed by atoms with Crippen LogP contribution in [0.4, 0.5) is 0 Å². The molecule has 0 saturated heterocycles. The molecule has 1 nitrogen and oxygen atoms in total. The van der Waals surface area contributed by atoms with E-state index in [1.54, 1.807) is 12.1 Å². The van der Waals surface area contributed by atoms with Crippen molar-refractivity contribution in [1.29, 1.82) is 0 Å². The highest BCUT2D eigenvalue weighted by atomic mass is 35.5. The van der Waals surface area contributed by atoms with E-state index in [0.717, 1.165) is 19.3 Å². The summed E-state index contributed by atoms with van der Waals surface area (Å²) in [7, 11) is 0. The van der Waals surface area contributed by atoms with Crippen molar-refractivity contribution in [2.24, 2.45) is 0 Å². The van der Waals surface area contributed by atoms with Crippen LogP contribution in [0.3, 0.4) is 0 Å². The minimum atomic E-state index is 0.426. The molecule has 0 aliphatic rings. The minimum Gasteiger partial charge on any atom is -0.492 e. The third-order valence-electron chi connectivity index (χ3n) is 1.97. The van der Waals surface area contributed by atoms with E-state index in [1.807, 2.05) is 0 Å². The second-order valence-electron chi connectivity index (χ2n) is 3.26. The van der Waals surface area contributed by atoms with E-state index in [-0.39, 0.29) is 0 Å². The summed E-state index contributed by atoms with van der Waals surface area (Å²) in [6.45, 7) is 2.79. The molecule has 0 saturated carbocycles. The molecule has 0 aliphatic heterocycles. The van der Waals surface area contributed by atoms with Gasteiger partial charge in [-0.25, -0.2) is 0 Å². The Hall–Kier alpha value is -0.110. The van der Waals surface area contributed by atoms with Crippen molar-refractivity contribution in [3.63, 3.8) is 0 Å². The van der Waals surface area contributed by atoms with Gasteiger partial charge in [-0.15, -0.1) is 0 Å². The zero-order valence-electron chi connectivity index (χ0n) is 8.53. The molecule has 0 unspecified atom stereocenters. The number of halogens is 3. The monoisotopic (exact) mass is 266 g/mol.